The zero-order valence-corrected chi connectivity index (χ0v) is 12.5. The maximum absolute atomic E-state index is 5.72. The molecule has 0 bridgehead atoms. The van der Waals surface area contributed by atoms with E-state index >= 15 is 0 Å². The highest BCUT2D eigenvalue weighted by atomic mass is 16.5. The van der Waals surface area contributed by atoms with Crippen molar-refractivity contribution in [3.63, 3.8) is 0 Å². The minimum atomic E-state index is 0.785. The summed E-state index contributed by atoms with van der Waals surface area (Å²) in [6.45, 7) is 5.37. The van der Waals surface area contributed by atoms with Gasteiger partial charge < -0.3 is 4.74 Å². The van der Waals surface area contributed by atoms with E-state index in [0.717, 1.165) is 30.6 Å². The van der Waals surface area contributed by atoms with Gasteiger partial charge in [-0.1, -0.05) is 38.8 Å². The van der Waals surface area contributed by atoms with Gasteiger partial charge in [-0.15, -0.1) is 0 Å². The molecule has 0 N–H and O–H groups in total. The van der Waals surface area contributed by atoms with E-state index in [4.69, 9.17) is 4.74 Å². The number of ether oxygens (including phenoxy) is 1. The highest BCUT2D eigenvalue weighted by molar-refractivity contribution is 5.29. The van der Waals surface area contributed by atoms with Crippen LogP contribution in [0.4, 0.5) is 0 Å². The van der Waals surface area contributed by atoms with Gasteiger partial charge in [-0.3, -0.25) is 0 Å². The first kappa shape index (κ1) is 14.4. The summed E-state index contributed by atoms with van der Waals surface area (Å²) in [5, 5.41) is 0. The van der Waals surface area contributed by atoms with E-state index in [9.17, 15) is 0 Å². The van der Waals surface area contributed by atoms with Gasteiger partial charge in [-0.2, -0.15) is 0 Å². The number of hydrogen-bond acceptors (Lipinski definition) is 1. The van der Waals surface area contributed by atoms with Crippen LogP contribution >= 0.6 is 0 Å². The van der Waals surface area contributed by atoms with Crippen molar-refractivity contribution in [3.8, 4) is 5.75 Å². The van der Waals surface area contributed by atoms with E-state index in [1.54, 1.807) is 0 Å². The van der Waals surface area contributed by atoms with Gasteiger partial charge in [0.15, 0.2) is 0 Å². The summed E-state index contributed by atoms with van der Waals surface area (Å²) < 4.78 is 5.72. The second-order valence-electron chi connectivity index (χ2n) is 5.90. The fraction of sp³-hybridized carbons (Fsp3) is 0.667. The monoisotopic (exact) mass is 260 g/mol. The molecule has 1 aromatic rings. The van der Waals surface area contributed by atoms with Gasteiger partial charge in [0.1, 0.15) is 5.75 Å². The van der Waals surface area contributed by atoms with Gasteiger partial charge >= 0.3 is 0 Å². The molecule has 1 fully saturated rings. The number of hydrogen-bond donors (Lipinski definition) is 0. The lowest BCUT2D eigenvalue weighted by Crippen LogP contribution is -2.12. The summed E-state index contributed by atoms with van der Waals surface area (Å²) in [5.74, 6) is 2.79. The van der Waals surface area contributed by atoms with E-state index in [1.807, 2.05) is 0 Å². The zero-order chi connectivity index (χ0) is 13.5. The minimum absolute atomic E-state index is 0.785. The summed E-state index contributed by atoms with van der Waals surface area (Å²) in [7, 11) is 0. The fourth-order valence-electron chi connectivity index (χ4n) is 3.07. The Morgan fingerprint density at radius 1 is 1.00 bits per heavy atom. The Balaban J connectivity index is 1.84. The molecule has 0 saturated heterocycles. The molecule has 0 aliphatic heterocycles. The van der Waals surface area contributed by atoms with E-state index in [-0.39, 0.29) is 0 Å². The van der Waals surface area contributed by atoms with Crippen molar-refractivity contribution in [1.29, 1.82) is 0 Å². The molecule has 1 saturated carbocycles. The van der Waals surface area contributed by atoms with Gasteiger partial charge in [-0.05, 0) is 61.6 Å². The van der Waals surface area contributed by atoms with Gasteiger partial charge in [0.25, 0.3) is 0 Å². The van der Waals surface area contributed by atoms with Crippen molar-refractivity contribution in [1.82, 2.24) is 0 Å². The molecule has 1 aliphatic rings. The maximum atomic E-state index is 5.72. The van der Waals surface area contributed by atoms with Crippen LogP contribution in [0.3, 0.4) is 0 Å². The molecule has 1 aliphatic carbocycles. The quantitative estimate of drug-likeness (QED) is 0.609. The van der Waals surface area contributed by atoms with Crippen LogP contribution in [-0.4, -0.2) is 6.61 Å². The highest BCUT2D eigenvalue weighted by Gasteiger charge is 2.21. The lowest BCUT2D eigenvalue weighted by molar-refractivity contribution is 0.307. The zero-order valence-electron chi connectivity index (χ0n) is 12.5. The number of benzene rings is 1. The van der Waals surface area contributed by atoms with E-state index in [1.165, 1.54) is 44.1 Å². The van der Waals surface area contributed by atoms with Gasteiger partial charge in [-0.25, -0.2) is 0 Å². The first-order chi connectivity index (χ1) is 9.33. The molecule has 0 aromatic heterocycles. The maximum Gasteiger partial charge on any atom is 0.119 e. The van der Waals surface area contributed by atoms with Crippen LogP contribution < -0.4 is 4.74 Å². The third-order valence-corrected chi connectivity index (χ3v) is 4.54. The second-order valence-corrected chi connectivity index (χ2v) is 5.90. The molecule has 0 atom stereocenters. The third-order valence-electron chi connectivity index (χ3n) is 4.54. The van der Waals surface area contributed by atoms with Crippen LogP contribution in [0.2, 0.25) is 0 Å². The molecule has 19 heavy (non-hydrogen) atoms. The van der Waals surface area contributed by atoms with Crippen molar-refractivity contribution in [2.45, 2.75) is 64.7 Å². The third kappa shape index (κ3) is 4.26. The van der Waals surface area contributed by atoms with Gasteiger partial charge in [0.05, 0.1) is 6.61 Å². The lowest BCUT2D eigenvalue weighted by atomic mass is 9.78. The van der Waals surface area contributed by atoms with Crippen molar-refractivity contribution >= 4 is 0 Å². The Kier molecular flexibility index (Phi) is 5.75. The summed E-state index contributed by atoms with van der Waals surface area (Å²) in [4.78, 5) is 0. The number of rotatable bonds is 6. The Hall–Kier alpha value is -0.980. The van der Waals surface area contributed by atoms with Crippen LogP contribution in [0, 0.1) is 5.92 Å². The summed E-state index contributed by atoms with van der Waals surface area (Å²) in [6.07, 6.45) is 9.26. The van der Waals surface area contributed by atoms with E-state index in [2.05, 4.69) is 38.1 Å². The molecule has 2 rings (SSSR count). The molecule has 0 radical (unpaired) electrons. The molecular formula is C18H28O. The molecule has 0 amide bonds. The predicted octanol–water partition coefficient (Wildman–Crippen LogP) is 5.55. The van der Waals surface area contributed by atoms with Crippen molar-refractivity contribution < 1.29 is 4.74 Å². The van der Waals surface area contributed by atoms with Crippen molar-refractivity contribution in [2.24, 2.45) is 5.92 Å². The normalized spacial score (nSPS) is 23.3. The smallest absolute Gasteiger partial charge is 0.119 e. The highest BCUT2D eigenvalue weighted by Crippen LogP contribution is 2.37. The lowest BCUT2D eigenvalue weighted by Gasteiger charge is -2.28. The summed E-state index contributed by atoms with van der Waals surface area (Å²) in [6, 6.07) is 8.85. The van der Waals surface area contributed by atoms with Gasteiger partial charge in [0.2, 0.25) is 0 Å². The largest absolute Gasteiger partial charge is 0.494 e. The SMILES string of the molecule is CCCCOc1ccc(C2CCC(CC)CC2)cc1. The standard InChI is InChI=1S/C18H28O/c1-3-5-14-19-18-12-10-17(11-13-18)16-8-6-15(4-2)7-9-16/h10-13,15-16H,3-9,14H2,1-2H3. The predicted molar refractivity (Wildman–Crippen MR) is 81.8 cm³/mol. The fourth-order valence-corrected chi connectivity index (χ4v) is 3.07. The van der Waals surface area contributed by atoms with Crippen LogP contribution in [0.1, 0.15) is 70.3 Å². The average molecular weight is 260 g/mol. The van der Waals surface area contributed by atoms with Crippen LogP contribution in [0.15, 0.2) is 24.3 Å². The number of unbranched alkanes of at least 4 members (excludes halogenated alkanes) is 1. The molecule has 1 nitrogen and oxygen atoms in total. The Bertz CT molecular complexity index is 346. The van der Waals surface area contributed by atoms with Crippen molar-refractivity contribution in [3.05, 3.63) is 29.8 Å². The molecule has 0 unspecified atom stereocenters. The first-order valence-corrected chi connectivity index (χ1v) is 8.06. The van der Waals surface area contributed by atoms with E-state index in [0.29, 0.717) is 0 Å². The topological polar surface area (TPSA) is 9.23 Å². The molecule has 0 spiro atoms. The van der Waals surface area contributed by atoms with Gasteiger partial charge in [0, 0.05) is 0 Å². The molecule has 106 valence electrons. The first-order valence-electron chi connectivity index (χ1n) is 8.06. The van der Waals surface area contributed by atoms with Crippen LogP contribution in [-0.2, 0) is 0 Å². The Labute approximate surface area is 118 Å². The summed E-state index contributed by atoms with van der Waals surface area (Å²) in [5.41, 5.74) is 1.51. The molecule has 0 heterocycles. The van der Waals surface area contributed by atoms with Crippen LogP contribution in [0.25, 0.3) is 0 Å². The molecule has 1 aromatic carbocycles. The second kappa shape index (κ2) is 7.57. The minimum Gasteiger partial charge on any atom is -0.494 e. The molecular weight excluding hydrogens is 232 g/mol. The Morgan fingerprint density at radius 2 is 1.68 bits per heavy atom. The van der Waals surface area contributed by atoms with E-state index < -0.39 is 0 Å². The Morgan fingerprint density at radius 3 is 2.26 bits per heavy atom. The molecule has 1 heteroatoms. The summed E-state index contributed by atoms with van der Waals surface area (Å²) >= 11 is 0. The van der Waals surface area contributed by atoms with Crippen molar-refractivity contribution in [2.75, 3.05) is 6.61 Å². The van der Waals surface area contributed by atoms with Crippen LogP contribution in [0.5, 0.6) is 5.75 Å². The average Bonchev–Trinajstić information content (AvgIpc) is 2.48.